The molecule has 1 aliphatic rings. The van der Waals surface area contributed by atoms with E-state index in [1.165, 1.54) is 22.7 Å². The van der Waals surface area contributed by atoms with Crippen molar-refractivity contribution in [3.63, 3.8) is 0 Å². The van der Waals surface area contributed by atoms with Crippen LogP contribution in [0.2, 0.25) is 0 Å². The van der Waals surface area contributed by atoms with Gasteiger partial charge in [0.2, 0.25) is 4.34 Å². The van der Waals surface area contributed by atoms with Crippen molar-refractivity contribution in [1.82, 2.24) is 14.7 Å². The third-order valence-corrected chi connectivity index (χ3v) is 7.45. The van der Waals surface area contributed by atoms with Crippen molar-refractivity contribution in [3.05, 3.63) is 26.7 Å². The molecular formula is C13H17N3O2S3. The summed E-state index contributed by atoms with van der Waals surface area (Å²) in [5.41, 5.74) is 1.70. The second-order valence-corrected chi connectivity index (χ2v) is 9.37. The Kier molecular flexibility index (Phi) is 3.89. The summed E-state index contributed by atoms with van der Waals surface area (Å²) in [7, 11) is -3.58. The van der Waals surface area contributed by atoms with E-state index >= 15 is 0 Å². The lowest BCUT2D eigenvalue weighted by atomic mass is 10.2. The lowest BCUT2D eigenvalue weighted by Gasteiger charge is -2.14. The minimum Gasteiger partial charge on any atom is -0.245 e. The summed E-state index contributed by atoms with van der Waals surface area (Å²) >= 11 is 2.73. The molecule has 5 nitrogen and oxygen atoms in total. The van der Waals surface area contributed by atoms with Gasteiger partial charge in [-0.25, -0.2) is 18.4 Å². The van der Waals surface area contributed by atoms with Gasteiger partial charge in [0.1, 0.15) is 5.01 Å². The smallest absolute Gasteiger partial charge is 0.245 e. The van der Waals surface area contributed by atoms with E-state index in [1.807, 2.05) is 26.2 Å². The molecule has 114 valence electrons. The van der Waals surface area contributed by atoms with Gasteiger partial charge in [-0.2, -0.15) is 4.72 Å². The number of nitrogens with one attached hydrogen (secondary N) is 1. The Morgan fingerprint density at radius 1 is 1.29 bits per heavy atom. The Balaban J connectivity index is 1.88. The second kappa shape index (κ2) is 5.42. The van der Waals surface area contributed by atoms with Crippen LogP contribution in [0.5, 0.6) is 0 Å². The van der Waals surface area contributed by atoms with Gasteiger partial charge in [-0.3, -0.25) is 0 Å². The number of sulfonamides is 1. The Morgan fingerprint density at radius 3 is 2.48 bits per heavy atom. The fourth-order valence-electron chi connectivity index (χ4n) is 2.07. The Morgan fingerprint density at radius 2 is 2.00 bits per heavy atom. The molecule has 1 atom stereocenters. The first kappa shape index (κ1) is 15.1. The average molecular weight is 343 g/mol. The van der Waals surface area contributed by atoms with Gasteiger partial charge in [-0.15, -0.1) is 22.7 Å². The minimum atomic E-state index is -3.58. The molecule has 3 rings (SSSR count). The van der Waals surface area contributed by atoms with E-state index < -0.39 is 10.0 Å². The summed E-state index contributed by atoms with van der Waals surface area (Å²) in [5.74, 6) is 0.354. The Labute approximate surface area is 132 Å². The molecule has 1 unspecified atom stereocenters. The SMILES string of the molecule is Cc1csc(C(NS(=O)(=O)c2nc(C)c(C)s2)C2CC2)n1. The summed E-state index contributed by atoms with van der Waals surface area (Å²) in [6, 6.07) is -0.224. The zero-order chi connectivity index (χ0) is 15.2. The van der Waals surface area contributed by atoms with Crippen LogP contribution in [-0.4, -0.2) is 18.4 Å². The predicted molar refractivity (Wildman–Crippen MR) is 84.2 cm³/mol. The molecule has 0 amide bonds. The average Bonchev–Trinajstić information content (AvgIpc) is 3.08. The van der Waals surface area contributed by atoms with E-state index in [2.05, 4.69) is 14.7 Å². The zero-order valence-corrected chi connectivity index (χ0v) is 14.5. The van der Waals surface area contributed by atoms with Crippen LogP contribution < -0.4 is 4.72 Å². The van der Waals surface area contributed by atoms with E-state index in [9.17, 15) is 8.42 Å². The molecule has 1 saturated carbocycles. The van der Waals surface area contributed by atoms with Crippen molar-refractivity contribution in [2.24, 2.45) is 5.92 Å². The number of rotatable bonds is 5. The third kappa shape index (κ3) is 3.18. The Hall–Kier alpha value is -0.830. The first-order chi connectivity index (χ1) is 9.87. The standard InChI is InChI=1S/C13H17N3O2S3/c1-7-6-19-12(14-7)11(10-4-5-10)16-21(17,18)13-15-8(2)9(3)20-13/h6,10-11,16H,4-5H2,1-3H3. The highest BCUT2D eigenvalue weighted by molar-refractivity contribution is 7.91. The van der Waals surface area contributed by atoms with E-state index in [0.717, 1.165) is 34.1 Å². The molecule has 0 saturated heterocycles. The molecule has 2 heterocycles. The van der Waals surface area contributed by atoms with Crippen LogP contribution in [0.1, 0.15) is 40.2 Å². The molecule has 1 fully saturated rings. The van der Waals surface area contributed by atoms with Crippen LogP contribution in [0.4, 0.5) is 0 Å². The molecule has 21 heavy (non-hydrogen) atoms. The van der Waals surface area contributed by atoms with E-state index in [-0.39, 0.29) is 10.4 Å². The van der Waals surface area contributed by atoms with Gasteiger partial charge in [0.25, 0.3) is 10.0 Å². The highest BCUT2D eigenvalue weighted by Crippen LogP contribution is 2.42. The summed E-state index contributed by atoms with van der Waals surface area (Å²) in [4.78, 5) is 9.55. The number of thiazole rings is 2. The second-order valence-electron chi connectivity index (χ2n) is 5.38. The van der Waals surface area contributed by atoms with E-state index in [0.29, 0.717) is 5.92 Å². The zero-order valence-electron chi connectivity index (χ0n) is 12.1. The van der Waals surface area contributed by atoms with Crippen molar-refractivity contribution < 1.29 is 8.42 Å². The molecule has 0 aromatic carbocycles. The molecule has 0 radical (unpaired) electrons. The molecule has 0 aliphatic heterocycles. The van der Waals surface area contributed by atoms with Crippen LogP contribution in [0.3, 0.4) is 0 Å². The lowest BCUT2D eigenvalue weighted by molar-refractivity contribution is 0.526. The minimum absolute atomic E-state index is 0.149. The number of nitrogens with zero attached hydrogens (tertiary/aromatic N) is 2. The summed E-state index contributed by atoms with van der Waals surface area (Å²) in [6.07, 6.45) is 2.09. The quantitative estimate of drug-likeness (QED) is 0.906. The monoisotopic (exact) mass is 343 g/mol. The molecule has 0 bridgehead atoms. The predicted octanol–water partition coefficient (Wildman–Crippen LogP) is 2.95. The van der Waals surface area contributed by atoms with Gasteiger partial charge < -0.3 is 0 Å². The highest BCUT2D eigenvalue weighted by Gasteiger charge is 2.37. The molecule has 1 aliphatic carbocycles. The maximum Gasteiger partial charge on any atom is 0.268 e. The number of hydrogen-bond acceptors (Lipinski definition) is 6. The molecule has 8 heteroatoms. The maximum atomic E-state index is 12.5. The van der Waals surface area contributed by atoms with Crippen molar-refractivity contribution in [2.45, 2.75) is 44.0 Å². The van der Waals surface area contributed by atoms with Crippen LogP contribution in [-0.2, 0) is 10.0 Å². The van der Waals surface area contributed by atoms with Gasteiger partial charge >= 0.3 is 0 Å². The van der Waals surface area contributed by atoms with Crippen LogP contribution in [0.25, 0.3) is 0 Å². The van der Waals surface area contributed by atoms with E-state index in [4.69, 9.17) is 0 Å². The van der Waals surface area contributed by atoms with Crippen molar-refractivity contribution in [2.75, 3.05) is 0 Å². The molecular weight excluding hydrogens is 326 g/mol. The largest absolute Gasteiger partial charge is 0.268 e. The topological polar surface area (TPSA) is 72.0 Å². The summed E-state index contributed by atoms with van der Waals surface area (Å²) in [5, 5.41) is 2.81. The fourth-order valence-corrected chi connectivity index (χ4v) is 5.67. The summed E-state index contributed by atoms with van der Waals surface area (Å²) < 4.78 is 28.0. The van der Waals surface area contributed by atoms with Crippen LogP contribution in [0, 0.1) is 26.7 Å². The van der Waals surface area contributed by atoms with Gasteiger partial charge in [-0.1, -0.05) is 0 Å². The highest BCUT2D eigenvalue weighted by atomic mass is 32.2. The van der Waals surface area contributed by atoms with Crippen molar-refractivity contribution in [1.29, 1.82) is 0 Å². The third-order valence-electron chi connectivity index (χ3n) is 3.52. The fraction of sp³-hybridized carbons (Fsp3) is 0.538. The maximum absolute atomic E-state index is 12.5. The Bertz CT molecular complexity index is 740. The van der Waals surface area contributed by atoms with Gasteiger partial charge in [0, 0.05) is 16.0 Å². The lowest BCUT2D eigenvalue weighted by Crippen LogP contribution is -2.30. The number of hydrogen-bond donors (Lipinski definition) is 1. The number of aryl methyl sites for hydroxylation is 3. The van der Waals surface area contributed by atoms with E-state index in [1.54, 1.807) is 0 Å². The molecule has 2 aromatic rings. The molecule has 2 aromatic heterocycles. The van der Waals surface area contributed by atoms with Crippen molar-refractivity contribution in [3.8, 4) is 0 Å². The number of aromatic nitrogens is 2. The van der Waals surface area contributed by atoms with Crippen LogP contribution >= 0.6 is 22.7 Å². The molecule has 1 N–H and O–H groups in total. The first-order valence-electron chi connectivity index (χ1n) is 6.75. The van der Waals surface area contributed by atoms with Crippen LogP contribution in [0.15, 0.2) is 9.72 Å². The molecule has 0 spiro atoms. The van der Waals surface area contributed by atoms with Gasteiger partial charge in [0.05, 0.1) is 11.7 Å². The first-order valence-corrected chi connectivity index (χ1v) is 9.93. The normalized spacial score (nSPS) is 17.1. The van der Waals surface area contributed by atoms with Gasteiger partial charge in [0.15, 0.2) is 0 Å². The summed E-state index contributed by atoms with van der Waals surface area (Å²) in [6.45, 7) is 5.63. The van der Waals surface area contributed by atoms with Gasteiger partial charge in [-0.05, 0) is 39.5 Å². The van der Waals surface area contributed by atoms with Crippen molar-refractivity contribution >= 4 is 32.7 Å².